The number of carbonyl (C=O) groups is 1. The van der Waals surface area contributed by atoms with Crippen LogP contribution >= 0.6 is 15.9 Å². The number of nitrogens with one attached hydrogen (secondary N) is 1. The highest BCUT2D eigenvalue weighted by molar-refractivity contribution is 9.10. The van der Waals surface area contributed by atoms with Crippen LogP contribution in [0.4, 0.5) is 11.4 Å². The fourth-order valence-electron chi connectivity index (χ4n) is 2.40. The van der Waals surface area contributed by atoms with Crippen molar-refractivity contribution in [1.29, 1.82) is 0 Å². The second kappa shape index (κ2) is 4.80. The fraction of sp³-hybridized carbons (Fsp3) is 0.462. The number of carboxylic acids is 1. The summed E-state index contributed by atoms with van der Waals surface area (Å²) >= 11 is 3.45. The van der Waals surface area contributed by atoms with E-state index in [-0.39, 0.29) is 6.42 Å². The minimum Gasteiger partial charge on any atom is -0.481 e. The second-order valence-electron chi connectivity index (χ2n) is 5.12. The lowest BCUT2D eigenvalue weighted by Crippen LogP contribution is -2.49. The van der Waals surface area contributed by atoms with E-state index in [9.17, 15) is 4.79 Å². The summed E-state index contributed by atoms with van der Waals surface area (Å²) in [5, 5.41) is 12.4. The van der Waals surface area contributed by atoms with Crippen LogP contribution < -0.4 is 10.2 Å². The Labute approximate surface area is 115 Å². The van der Waals surface area contributed by atoms with Crippen molar-refractivity contribution in [3.63, 3.8) is 0 Å². The third-order valence-corrected chi connectivity index (χ3v) is 3.71. The summed E-state index contributed by atoms with van der Waals surface area (Å²) in [6.07, 6.45) is 0.127. The highest BCUT2D eigenvalue weighted by atomic mass is 79.9. The van der Waals surface area contributed by atoms with E-state index in [4.69, 9.17) is 5.11 Å². The summed E-state index contributed by atoms with van der Waals surface area (Å²) in [5.41, 5.74) is 1.72. The molecule has 1 heterocycles. The third-order valence-electron chi connectivity index (χ3n) is 3.21. The molecule has 18 heavy (non-hydrogen) atoms. The van der Waals surface area contributed by atoms with Gasteiger partial charge in [-0.1, -0.05) is 15.9 Å². The largest absolute Gasteiger partial charge is 0.481 e. The number of nitrogens with zero attached hydrogens (tertiary/aromatic N) is 1. The molecular formula is C13H17BrN2O2. The van der Waals surface area contributed by atoms with E-state index in [1.807, 2.05) is 32.0 Å². The first-order chi connectivity index (χ1) is 8.40. The maximum absolute atomic E-state index is 11.0. The molecule has 0 spiro atoms. The topological polar surface area (TPSA) is 52.6 Å². The minimum atomic E-state index is -0.766. The van der Waals surface area contributed by atoms with Gasteiger partial charge in [-0.3, -0.25) is 4.79 Å². The van der Waals surface area contributed by atoms with Gasteiger partial charge in [-0.05, 0) is 32.0 Å². The van der Waals surface area contributed by atoms with Gasteiger partial charge in [0.05, 0.1) is 17.8 Å². The Morgan fingerprint density at radius 1 is 1.56 bits per heavy atom. The Balaban J connectivity index is 2.35. The molecule has 0 unspecified atom stereocenters. The lowest BCUT2D eigenvalue weighted by Gasteiger charge is -2.43. The average Bonchev–Trinajstić information content (AvgIpc) is 2.26. The van der Waals surface area contributed by atoms with E-state index < -0.39 is 11.5 Å². The van der Waals surface area contributed by atoms with E-state index in [0.29, 0.717) is 0 Å². The van der Waals surface area contributed by atoms with Crippen LogP contribution in [0.15, 0.2) is 22.7 Å². The van der Waals surface area contributed by atoms with E-state index >= 15 is 0 Å². The molecular weight excluding hydrogens is 296 g/mol. The normalized spacial score (nSPS) is 14.9. The Bertz CT molecular complexity index is 474. The van der Waals surface area contributed by atoms with Crippen LogP contribution in [0.5, 0.6) is 0 Å². The number of halogens is 1. The van der Waals surface area contributed by atoms with Gasteiger partial charge in [0.2, 0.25) is 0 Å². The number of aliphatic carboxylic acids is 1. The summed E-state index contributed by atoms with van der Waals surface area (Å²) in [7, 11) is 0. The highest BCUT2D eigenvalue weighted by Gasteiger charge is 2.32. The van der Waals surface area contributed by atoms with Crippen molar-refractivity contribution in [1.82, 2.24) is 0 Å². The van der Waals surface area contributed by atoms with Gasteiger partial charge in [0.15, 0.2) is 0 Å². The van der Waals surface area contributed by atoms with E-state index in [0.717, 1.165) is 28.9 Å². The Hall–Kier alpha value is -1.23. The van der Waals surface area contributed by atoms with Gasteiger partial charge in [-0.15, -0.1) is 0 Å². The molecule has 4 nitrogen and oxygen atoms in total. The van der Waals surface area contributed by atoms with E-state index in [1.165, 1.54) is 0 Å². The molecule has 1 aromatic carbocycles. The first-order valence-electron chi connectivity index (χ1n) is 5.93. The van der Waals surface area contributed by atoms with Crippen molar-refractivity contribution in [3.8, 4) is 0 Å². The summed E-state index contributed by atoms with van der Waals surface area (Å²) in [6.45, 7) is 5.58. The standard InChI is InChI=1S/C13H17BrN2O2/c1-13(2,8-12(17)18)16-6-5-15-10-7-9(14)3-4-11(10)16/h3-4,7,15H,5-6,8H2,1-2H3,(H,17,18). The molecule has 2 rings (SSSR count). The van der Waals surface area contributed by atoms with Gasteiger partial charge in [-0.25, -0.2) is 0 Å². The number of benzene rings is 1. The molecule has 0 aromatic heterocycles. The zero-order valence-corrected chi connectivity index (χ0v) is 12.1. The van der Waals surface area contributed by atoms with Crippen molar-refractivity contribution in [3.05, 3.63) is 22.7 Å². The monoisotopic (exact) mass is 312 g/mol. The lowest BCUT2D eigenvalue weighted by atomic mass is 9.96. The number of fused-ring (bicyclic) bond motifs is 1. The van der Waals surface area contributed by atoms with Crippen LogP contribution in [-0.4, -0.2) is 29.7 Å². The summed E-state index contributed by atoms with van der Waals surface area (Å²) in [5.74, 6) is -0.766. The fourth-order valence-corrected chi connectivity index (χ4v) is 2.76. The molecule has 0 aliphatic carbocycles. The smallest absolute Gasteiger partial charge is 0.305 e. The lowest BCUT2D eigenvalue weighted by molar-refractivity contribution is -0.138. The molecule has 0 amide bonds. The van der Waals surface area contributed by atoms with Gasteiger partial charge in [0.1, 0.15) is 0 Å². The quantitative estimate of drug-likeness (QED) is 0.901. The zero-order chi connectivity index (χ0) is 13.3. The van der Waals surface area contributed by atoms with Crippen LogP contribution in [0.2, 0.25) is 0 Å². The second-order valence-corrected chi connectivity index (χ2v) is 6.04. The third kappa shape index (κ3) is 2.61. The molecule has 0 saturated heterocycles. The number of hydrogen-bond acceptors (Lipinski definition) is 3. The molecule has 0 fully saturated rings. The molecule has 1 aliphatic rings. The molecule has 0 radical (unpaired) electrons. The first kappa shape index (κ1) is 13.2. The number of rotatable bonds is 3. The first-order valence-corrected chi connectivity index (χ1v) is 6.72. The van der Waals surface area contributed by atoms with Crippen LogP contribution in [0.1, 0.15) is 20.3 Å². The number of anilines is 2. The number of carboxylic acid groups (broad SMARTS) is 1. The van der Waals surface area contributed by atoms with Crippen LogP contribution in [0.3, 0.4) is 0 Å². The minimum absolute atomic E-state index is 0.127. The van der Waals surface area contributed by atoms with Crippen molar-refractivity contribution < 1.29 is 9.90 Å². The van der Waals surface area contributed by atoms with Crippen LogP contribution in [0, 0.1) is 0 Å². The Morgan fingerprint density at radius 3 is 2.94 bits per heavy atom. The van der Waals surface area contributed by atoms with Crippen molar-refractivity contribution in [2.24, 2.45) is 0 Å². The Kier molecular flexibility index (Phi) is 3.52. The molecule has 98 valence electrons. The molecule has 0 bridgehead atoms. The maximum atomic E-state index is 11.0. The zero-order valence-electron chi connectivity index (χ0n) is 10.5. The SMILES string of the molecule is CC(C)(CC(=O)O)N1CCNc2cc(Br)ccc21. The van der Waals surface area contributed by atoms with Gasteiger partial charge < -0.3 is 15.3 Å². The summed E-state index contributed by atoms with van der Waals surface area (Å²) < 4.78 is 1.02. The van der Waals surface area contributed by atoms with Gasteiger partial charge in [0.25, 0.3) is 0 Å². The highest BCUT2D eigenvalue weighted by Crippen LogP contribution is 2.36. The van der Waals surface area contributed by atoms with Crippen molar-refractivity contribution in [2.45, 2.75) is 25.8 Å². The predicted molar refractivity (Wildman–Crippen MR) is 76.3 cm³/mol. The van der Waals surface area contributed by atoms with Crippen LogP contribution in [-0.2, 0) is 4.79 Å². The molecule has 1 aliphatic heterocycles. The van der Waals surface area contributed by atoms with Gasteiger partial charge in [0, 0.05) is 23.1 Å². The van der Waals surface area contributed by atoms with Crippen molar-refractivity contribution in [2.75, 3.05) is 23.3 Å². The van der Waals surface area contributed by atoms with Crippen molar-refractivity contribution >= 4 is 33.3 Å². The van der Waals surface area contributed by atoms with Gasteiger partial charge >= 0.3 is 5.97 Å². The van der Waals surface area contributed by atoms with E-state index in [1.54, 1.807) is 0 Å². The molecule has 2 N–H and O–H groups in total. The molecule has 0 saturated carbocycles. The molecule has 5 heteroatoms. The summed E-state index contributed by atoms with van der Waals surface area (Å²) in [4.78, 5) is 13.1. The van der Waals surface area contributed by atoms with Gasteiger partial charge in [-0.2, -0.15) is 0 Å². The molecule has 0 atom stereocenters. The summed E-state index contributed by atoms with van der Waals surface area (Å²) in [6, 6.07) is 6.03. The molecule has 1 aromatic rings. The van der Waals surface area contributed by atoms with Crippen LogP contribution in [0.25, 0.3) is 0 Å². The predicted octanol–water partition coefficient (Wildman–Crippen LogP) is 2.93. The van der Waals surface area contributed by atoms with E-state index in [2.05, 4.69) is 26.1 Å². The average molecular weight is 313 g/mol. The Morgan fingerprint density at radius 2 is 2.28 bits per heavy atom. The number of hydrogen-bond donors (Lipinski definition) is 2. The maximum Gasteiger partial charge on any atom is 0.305 e.